The van der Waals surface area contributed by atoms with Crippen molar-refractivity contribution in [3.8, 4) is 0 Å². The monoisotopic (exact) mass is 330 g/mol. The maximum Gasteiger partial charge on any atom is 0.255 e. The van der Waals surface area contributed by atoms with Crippen LogP contribution in [0, 0.1) is 0 Å². The maximum absolute atomic E-state index is 12.3. The van der Waals surface area contributed by atoms with Gasteiger partial charge in [-0.3, -0.25) is 13.8 Å². The molecule has 1 atom stereocenters. The van der Waals surface area contributed by atoms with Gasteiger partial charge in [0.1, 0.15) is 0 Å². The summed E-state index contributed by atoms with van der Waals surface area (Å²) in [6.45, 7) is 0. The fourth-order valence-electron chi connectivity index (χ4n) is 2.09. The van der Waals surface area contributed by atoms with Crippen molar-refractivity contribution in [1.82, 2.24) is 5.32 Å². The summed E-state index contributed by atoms with van der Waals surface area (Å²) in [5.41, 5.74) is 2.49. The quantitative estimate of drug-likeness (QED) is 0.882. The van der Waals surface area contributed by atoms with Crippen LogP contribution in [0.2, 0.25) is 0 Å². The Morgan fingerprint density at radius 2 is 1.70 bits per heavy atom. The van der Waals surface area contributed by atoms with Crippen molar-refractivity contribution >= 4 is 28.3 Å². The van der Waals surface area contributed by atoms with Crippen LogP contribution in [0.4, 0.5) is 5.69 Å². The second-order valence-corrected chi connectivity index (χ2v) is 6.46. The molecular weight excluding hydrogens is 312 g/mol. The first-order valence-corrected chi connectivity index (χ1v) is 8.75. The molecule has 5 nitrogen and oxygen atoms in total. The van der Waals surface area contributed by atoms with Crippen LogP contribution >= 0.6 is 0 Å². The average Bonchev–Trinajstić information content (AvgIpc) is 2.54. The molecule has 2 amide bonds. The number of carbonyl (C=O) groups excluding carboxylic acids is 2. The Hall–Kier alpha value is -2.47. The van der Waals surface area contributed by atoms with Crippen LogP contribution in [0.25, 0.3) is 0 Å². The first-order chi connectivity index (χ1) is 11.0. The first-order valence-electron chi connectivity index (χ1n) is 7.02. The van der Waals surface area contributed by atoms with E-state index in [0.717, 1.165) is 5.56 Å². The van der Waals surface area contributed by atoms with Crippen molar-refractivity contribution in [2.24, 2.45) is 0 Å². The maximum atomic E-state index is 12.3. The molecule has 1 unspecified atom stereocenters. The van der Waals surface area contributed by atoms with E-state index >= 15 is 0 Å². The normalized spacial score (nSPS) is 11.6. The van der Waals surface area contributed by atoms with E-state index in [1.54, 1.807) is 55.8 Å². The van der Waals surface area contributed by atoms with E-state index in [1.165, 1.54) is 0 Å². The number of anilines is 1. The van der Waals surface area contributed by atoms with E-state index in [-0.39, 0.29) is 11.8 Å². The van der Waals surface area contributed by atoms with E-state index in [9.17, 15) is 13.8 Å². The summed E-state index contributed by atoms with van der Waals surface area (Å²) in [5.74, 6) is -0.00772. The molecule has 0 radical (unpaired) electrons. The highest BCUT2D eigenvalue weighted by Gasteiger charge is 2.08. The summed E-state index contributed by atoms with van der Waals surface area (Å²) in [4.78, 5) is 23.7. The van der Waals surface area contributed by atoms with Gasteiger partial charge in [-0.2, -0.15) is 0 Å². The average molecular weight is 330 g/mol. The molecule has 0 aliphatic rings. The molecule has 23 heavy (non-hydrogen) atoms. The third kappa shape index (κ3) is 4.75. The lowest BCUT2D eigenvalue weighted by molar-refractivity contribution is 0.0962. The lowest BCUT2D eigenvalue weighted by atomic mass is 10.1. The minimum atomic E-state index is -0.954. The van der Waals surface area contributed by atoms with E-state index < -0.39 is 10.8 Å². The van der Waals surface area contributed by atoms with Gasteiger partial charge in [0, 0.05) is 46.7 Å². The minimum absolute atomic E-state index is 0.178. The van der Waals surface area contributed by atoms with Gasteiger partial charge in [0.15, 0.2) is 0 Å². The molecule has 0 spiro atoms. The molecule has 0 bridgehead atoms. The Morgan fingerprint density at radius 1 is 1.00 bits per heavy atom. The Labute approximate surface area is 137 Å². The molecule has 0 aliphatic heterocycles. The highest BCUT2D eigenvalue weighted by atomic mass is 32.2. The van der Waals surface area contributed by atoms with Crippen LogP contribution in [0.15, 0.2) is 48.5 Å². The molecule has 0 heterocycles. The number of carbonyl (C=O) groups is 2. The van der Waals surface area contributed by atoms with Crippen molar-refractivity contribution in [2.75, 3.05) is 18.6 Å². The molecule has 0 saturated heterocycles. The predicted octanol–water partition coefficient (Wildman–Crippen LogP) is 2.18. The Balaban J connectivity index is 2.09. The highest BCUT2D eigenvalue weighted by molar-refractivity contribution is 7.83. The highest BCUT2D eigenvalue weighted by Crippen LogP contribution is 2.13. The molecule has 6 heteroatoms. The van der Waals surface area contributed by atoms with E-state index in [2.05, 4.69) is 10.6 Å². The van der Waals surface area contributed by atoms with Gasteiger partial charge >= 0.3 is 0 Å². The third-order valence-electron chi connectivity index (χ3n) is 3.19. The van der Waals surface area contributed by atoms with Gasteiger partial charge < -0.3 is 10.6 Å². The topological polar surface area (TPSA) is 75.3 Å². The van der Waals surface area contributed by atoms with Gasteiger partial charge in [0.25, 0.3) is 11.8 Å². The smallest absolute Gasteiger partial charge is 0.255 e. The van der Waals surface area contributed by atoms with Gasteiger partial charge in [-0.25, -0.2) is 0 Å². The van der Waals surface area contributed by atoms with Crippen LogP contribution < -0.4 is 10.6 Å². The Kier molecular flexibility index (Phi) is 5.65. The second kappa shape index (κ2) is 7.69. The van der Waals surface area contributed by atoms with Crippen molar-refractivity contribution in [2.45, 2.75) is 5.75 Å². The number of hydrogen-bond donors (Lipinski definition) is 2. The fourth-order valence-corrected chi connectivity index (χ4v) is 2.74. The zero-order chi connectivity index (χ0) is 16.8. The standard InChI is InChI=1S/C17H18N2O3S/c1-18-16(20)13-6-8-15(9-7-13)19-17(21)14-5-3-4-12(10-14)11-23(2)22/h3-10H,11H2,1-2H3,(H,18,20)(H,19,21). The van der Waals surface area contributed by atoms with Gasteiger partial charge in [-0.05, 0) is 42.0 Å². The molecule has 120 valence electrons. The van der Waals surface area contributed by atoms with Crippen LogP contribution in [0.1, 0.15) is 26.3 Å². The molecule has 0 aromatic heterocycles. The Bertz CT molecular complexity index is 742. The number of amides is 2. The summed E-state index contributed by atoms with van der Waals surface area (Å²) in [6.07, 6.45) is 1.63. The third-order valence-corrected chi connectivity index (χ3v) is 3.93. The number of hydrogen-bond acceptors (Lipinski definition) is 3. The Morgan fingerprint density at radius 3 is 2.30 bits per heavy atom. The zero-order valence-electron chi connectivity index (χ0n) is 13.0. The van der Waals surface area contributed by atoms with Crippen LogP contribution in [-0.2, 0) is 16.6 Å². The number of benzene rings is 2. The van der Waals surface area contributed by atoms with Gasteiger partial charge in [-0.1, -0.05) is 12.1 Å². The molecule has 0 aliphatic carbocycles. The van der Waals surface area contributed by atoms with Crippen LogP contribution in [0.3, 0.4) is 0 Å². The first kappa shape index (κ1) is 16.9. The zero-order valence-corrected chi connectivity index (χ0v) is 13.8. The molecular formula is C17H18N2O3S. The molecule has 0 fully saturated rings. The predicted molar refractivity (Wildman–Crippen MR) is 92.0 cm³/mol. The van der Waals surface area contributed by atoms with E-state index in [1.807, 2.05) is 6.07 Å². The van der Waals surface area contributed by atoms with Crippen molar-refractivity contribution in [3.63, 3.8) is 0 Å². The molecule has 2 aromatic carbocycles. The lowest BCUT2D eigenvalue weighted by Crippen LogP contribution is -2.18. The summed E-state index contributed by atoms with van der Waals surface area (Å²) < 4.78 is 11.3. The van der Waals surface area contributed by atoms with E-state index in [0.29, 0.717) is 22.6 Å². The second-order valence-electron chi connectivity index (χ2n) is 5.03. The van der Waals surface area contributed by atoms with Crippen LogP contribution in [-0.4, -0.2) is 29.3 Å². The minimum Gasteiger partial charge on any atom is -0.355 e. The number of rotatable bonds is 5. The summed E-state index contributed by atoms with van der Waals surface area (Å²) in [7, 11) is 0.610. The number of nitrogens with one attached hydrogen (secondary N) is 2. The molecule has 0 saturated carbocycles. The summed E-state index contributed by atoms with van der Waals surface area (Å²) in [5, 5.41) is 5.31. The van der Waals surface area contributed by atoms with Gasteiger partial charge in [0.05, 0.1) is 0 Å². The van der Waals surface area contributed by atoms with Crippen molar-refractivity contribution in [1.29, 1.82) is 0 Å². The fraction of sp³-hybridized carbons (Fsp3) is 0.176. The van der Waals surface area contributed by atoms with Crippen molar-refractivity contribution in [3.05, 3.63) is 65.2 Å². The molecule has 2 N–H and O–H groups in total. The van der Waals surface area contributed by atoms with E-state index in [4.69, 9.17) is 0 Å². The SMILES string of the molecule is CNC(=O)c1ccc(NC(=O)c2cccc(CS(C)=O)c2)cc1. The summed E-state index contributed by atoms with van der Waals surface area (Å²) >= 11 is 0. The van der Waals surface area contributed by atoms with Gasteiger partial charge in [0.2, 0.25) is 0 Å². The van der Waals surface area contributed by atoms with Gasteiger partial charge in [-0.15, -0.1) is 0 Å². The largest absolute Gasteiger partial charge is 0.355 e. The van der Waals surface area contributed by atoms with Crippen LogP contribution in [0.5, 0.6) is 0 Å². The molecule has 2 aromatic rings. The molecule has 2 rings (SSSR count). The summed E-state index contributed by atoms with van der Waals surface area (Å²) in [6, 6.07) is 13.7. The lowest BCUT2D eigenvalue weighted by Gasteiger charge is -2.07. The van der Waals surface area contributed by atoms with Crippen molar-refractivity contribution < 1.29 is 13.8 Å².